The molecule has 0 saturated carbocycles. The Balaban J connectivity index is 1.61. The third kappa shape index (κ3) is 4.69. The van der Waals surface area contributed by atoms with Gasteiger partial charge in [-0.1, -0.05) is 39.0 Å². The first-order valence-electron chi connectivity index (χ1n) is 9.82. The minimum absolute atomic E-state index is 0.0212. The van der Waals surface area contributed by atoms with Gasteiger partial charge in [0.05, 0.1) is 6.61 Å². The Morgan fingerprint density at radius 1 is 0.741 bits per heavy atom. The van der Waals surface area contributed by atoms with E-state index in [4.69, 9.17) is 14.2 Å². The molecule has 0 amide bonds. The van der Waals surface area contributed by atoms with E-state index in [-0.39, 0.29) is 12.6 Å². The predicted octanol–water partition coefficient (Wildman–Crippen LogP) is 5.62. The highest BCUT2D eigenvalue weighted by atomic mass is 16.7. The molecule has 0 spiro atoms. The van der Waals surface area contributed by atoms with Crippen LogP contribution in [0.15, 0.2) is 36.4 Å². The van der Waals surface area contributed by atoms with Gasteiger partial charge >= 0.3 is 0 Å². The normalized spacial score (nSPS) is 12.0. The Hall–Kier alpha value is -2.33. The van der Waals surface area contributed by atoms with Gasteiger partial charge in [0.2, 0.25) is 0 Å². The Morgan fingerprint density at radius 3 is 1.96 bits per heavy atom. The van der Waals surface area contributed by atoms with Crippen LogP contribution in [0.25, 0.3) is 11.1 Å². The van der Waals surface area contributed by atoms with Crippen LogP contribution in [0.5, 0.6) is 11.5 Å². The molecule has 0 aromatic heterocycles. The molecule has 1 aliphatic rings. The average molecular weight is 368 g/mol. The fourth-order valence-corrected chi connectivity index (χ4v) is 3.42. The van der Waals surface area contributed by atoms with Gasteiger partial charge in [0.15, 0.2) is 12.6 Å². The zero-order chi connectivity index (χ0) is 19.1. The van der Waals surface area contributed by atoms with Gasteiger partial charge in [-0.2, -0.15) is 0 Å². The van der Waals surface area contributed by atoms with Gasteiger partial charge in [-0.15, -0.1) is 0 Å². The number of benzene rings is 2. The van der Waals surface area contributed by atoms with Crippen LogP contribution in [0, 0.1) is 0 Å². The third-order valence-corrected chi connectivity index (χ3v) is 4.87. The molecule has 4 heteroatoms. The first-order valence-corrected chi connectivity index (χ1v) is 9.82. The van der Waals surface area contributed by atoms with Crippen LogP contribution < -0.4 is 9.47 Å². The van der Waals surface area contributed by atoms with E-state index in [0.717, 1.165) is 23.3 Å². The van der Waals surface area contributed by atoms with Crippen molar-refractivity contribution in [3.8, 4) is 22.6 Å². The molecule has 2 aromatic carbocycles. The number of carbonyl (C=O) groups excluding carboxylic acids is 1. The average Bonchev–Trinajstić information content (AvgIpc) is 2.97. The molecule has 4 nitrogen and oxygen atoms in total. The number of hydrogen-bond acceptors (Lipinski definition) is 4. The number of rotatable bonds is 11. The van der Waals surface area contributed by atoms with Crippen LogP contribution in [-0.2, 0) is 4.74 Å². The summed E-state index contributed by atoms with van der Waals surface area (Å²) in [5.74, 6) is 1.42. The van der Waals surface area contributed by atoms with Gasteiger partial charge in [0.25, 0.3) is 0 Å². The molecule has 27 heavy (non-hydrogen) atoms. The lowest BCUT2D eigenvalue weighted by molar-refractivity contribution is 0.0510. The molecule has 0 radical (unpaired) electrons. The molecule has 2 aromatic rings. The largest absolute Gasteiger partial charge is 0.494 e. The lowest BCUT2D eigenvalue weighted by atomic mass is 10.1. The molecule has 0 saturated heterocycles. The van der Waals surface area contributed by atoms with Crippen molar-refractivity contribution < 1.29 is 19.0 Å². The summed E-state index contributed by atoms with van der Waals surface area (Å²) < 4.78 is 16.2. The highest BCUT2D eigenvalue weighted by molar-refractivity contribution is 6.22. The molecule has 1 aliphatic carbocycles. The van der Waals surface area contributed by atoms with Crippen molar-refractivity contribution >= 4 is 5.78 Å². The summed E-state index contributed by atoms with van der Waals surface area (Å²) in [7, 11) is 1.57. The zero-order valence-corrected chi connectivity index (χ0v) is 16.3. The van der Waals surface area contributed by atoms with Crippen molar-refractivity contribution in [1.29, 1.82) is 0 Å². The van der Waals surface area contributed by atoms with Crippen LogP contribution in [0.1, 0.15) is 61.4 Å². The van der Waals surface area contributed by atoms with Crippen molar-refractivity contribution in [2.24, 2.45) is 0 Å². The lowest BCUT2D eigenvalue weighted by Gasteiger charge is -2.08. The number of hydrogen-bond donors (Lipinski definition) is 0. The number of fused-ring (bicyclic) bond motifs is 3. The highest BCUT2D eigenvalue weighted by Crippen LogP contribution is 2.39. The molecule has 0 bridgehead atoms. The Labute approximate surface area is 161 Å². The fraction of sp³-hybridized carbons (Fsp3) is 0.435. The quantitative estimate of drug-likeness (QED) is 0.325. The Bertz CT molecular complexity index is 782. The minimum atomic E-state index is 0.0212. The van der Waals surface area contributed by atoms with E-state index >= 15 is 0 Å². The molecule has 0 heterocycles. The van der Waals surface area contributed by atoms with Crippen LogP contribution >= 0.6 is 0 Å². The number of carbonyl (C=O) groups is 1. The fourth-order valence-electron chi connectivity index (χ4n) is 3.42. The maximum atomic E-state index is 12.8. The topological polar surface area (TPSA) is 44.8 Å². The Morgan fingerprint density at radius 2 is 1.33 bits per heavy atom. The second-order valence-electron chi connectivity index (χ2n) is 6.91. The van der Waals surface area contributed by atoms with E-state index in [9.17, 15) is 4.79 Å². The van der Waals surface area contributed by atoms with Crippen LogP contribution in [-0.4, -0.2) is 26.3 Å². The van der Waals surface area contributed by atoms with Gasteiger partial charge in [-0.3, -0.25) is 4.79 Å². The van der Waals surface area contributed by atoms with E-state index in [1.165, 1.54) is 32.1 Å². The van der Waals surface area contributed by atoms with Crippen molar-refractivity contribution in [2.45, 2.75) is 45.4 Å². The smallest absolute Gasteiger partial charge is 0.194 e. The number of ketones is 1. The first kappa shape index (κ1) is 19.4. The highest BCUT2D eigenvalue weighted by Gasteiger charge is 2.27. The van der Waals surface area contributed by atoms with Gasteiger partial charge < -0.3 is 14.2 Å². The summed E-state index contributed by atoms with van der Waals surface area (Å²) in [6.45, 7) is 3.08. The predicted molar refractivity (Wildman–Crippen MR) is 107 cm³/mol. The molecule has 144 valence electrons. The van der Waals surface area contributed by atoms with Crippen molar-refractivity contribution in [3.63, 3.8) is 0 Å². The molecule has 3 rings (SSSR count). The van der Waals surface area contributed by atoms with Crippen LogP contribution in [0.2, 0.25) is 0 Å². The SMILES string of the molecule is CCCCCCCCOc1ccc2c(c1)C(=O)c1cc(OCOC)ccc1-2. The van der Waals surface area contributed by atoms with Gasteiger partial charge in [0.1, 0.15) is 11.5 Å². The van der Waals surface area contributed by atoms with Crippen LogP contribution in [0.4, 0.5) is 0 Å². The van der Waals surface area contributed by atoms with E-state index in [2.05, 4.69) is 6.92 Å². The van der Waals surface area contributed by atoms with Crippen molar-refractivity contribution in [3.05, 3.63) is 47.5 Å². The molecule has 0 atom stereocenters. The number of ether oxygens (including phenoxy) is 3. The zero-order valence-electron chi connectivity index (χ0n) is 16.3. The monoisotopic (exact) mass is 368 g/mol. The molecule has 0 fully saturated rings. The van der Waals surface area contributed by atoms with E-state index < -0.39 is 0 Å². The third-order valence-electron chi connectivity index (χ3n) is 4.87. The number of methoxy groups -OCH3 is 1. The van der Waals surface area contributed by atoms with Gasteiger partial charge in [-0.05, 0) is 53.9 Å². The molecule has 0 aliphatic heterocycles. The summed E-state index contributed by atoms with van der Waals surface area (Å²) in [4.78, 5) is 12.8. The van der Waals surface area contributed by atoms with Crippen LogP contribution in [0.3, 0.4) is 0 Å². The van der Waals surface area contributed by atoms with E-state index in [1.54, 1.807) is 13.2 Å². The summed E-state index contributed by atoms with van der Waals surface area (Å²) >= 11 is 0. The molecule has 0 unspecified atom stereocenters. The second-order valence-corrected chi connectivity index (χ2v) is 6.91. The van der Waals surface area contributed by atoms with Crippen molar-refractivity contribution in [2.75, 3.05) is 20.5 Å². The van der Waals surface area contributed by atoms with E-state index in [0.29, 0.717) is 23.5 Å². The number of unbranched alkanes of at least 4 members (excludes halogenated alkanes) is 5. The maximum absolute atomic E-state index is 12.8. The second kappa shape index (κ2) is 9.56. The molecular weight excluding hydrogens is 340 g/mol. The summed E-state index contributed by atoms with van der Waals surface area (Å²) in [6, 6.07) is 11.4. The summed E-state index contributed by atoms with van der Waals surface area (Å²) in [5, 5.41) is 0. The summed E-state index contributed by atoms with van der Waals surface area (Å²) in [5.41, 5.74) is 3.28. The van der Waals surface area contributed by atoms with Crippen molar-refractivity contribution in [1.82, 2.24) is 0 Å². The molecular formula is C23H28O4. The standard InChI is InChI=1S/C23H28O4/c1-3-4-5-6-7-8-13-26-17-9-11-19-20-12-10-18(27-16-25-2)15-22(20)23(24)21(19)14-17/h9-12,14-15H,3-8,13,16H2,1-2H3. The molecule has 0 N–H and O–H groups in total. The maximum Gasteiger partial charge on any atom is 0.194 e. The Kier molecular flexibility index (Phi) is 6.88. The van der Waals surface area contributed by atoms with Gasteiger partial charge in [-0.25, -0.2) is 0 Å². The van der Waals surface area contributed by atoms with Gasteiger partial charge in [0, 0.05) is 18.2 Å². The minimum Gasteiger partial charge on any atom is -0.494 e. The summed E-state index contributed by atoms with van der Waals surface area (Å²) in [6.07, 6.45) is 7.39. The lowest BCUT2D eigenvalue weighted by Crippen LogP contribution is -2.01. The first-order chi connectivity index (χ1) is 13.2. The van der Waals surface area contributed by atoms with E-state index in [1.807, 2.05) is 30.3 Å².